The number of aliphatic carboxylic acids is 1. The molecule has 0 radical (unpaired) electrons. The van der Waals surface area contributed by atoms with Crippen LogP contribution in [0.4, 0.5) is 0 Å². The highest BCUT2D eigenvalue weighted by Gasteiger charge is 2.24. The molecule has 1 aromatic heterocycles. The van der Waals surface area contributed by atoms with Gasteiger partial charge in [0.1, 0.15) is 0 Å². The molecular weight excluding hydrogens is 317 g/mol. The van der Waals surface area contributed by atoms with Crippen LogP contribution >= 0.6 is 23.2 Å². The molecule has 0 unspecified atom stereocenters. The van der Waals surface area contributed by atoms with Crippen LogP contribution in [0.5, 0.6) is 0 Å². The molecule has 110 valence electrons. The number of nitrogens with zero attached hydrogens (tertiary/aromatic N) is 1. The first-order valence-electron chi connectivity index (χ1n) is 6.06. The van der Waals surface area contributed by atoms with Gasteiger partial charge < -0.3 is 9.52 Å². The van der Waals surface area contributed by atoms with Crippen LogP contribution in [-0.2, 0) is 4.79 Å². The minimum Gasteiger partial charge on any atom is -0.481 e. The molecule has 0 saturated carbocycles. The number of rotatable bonds is 5. The van der Waals surface area contributed by atoms with Crippen molar-refractivity contribution in [1.29, 1.82) is 0 Å². The molecule has 7 heteroatoms. The predicted octanol–water partition coefficient (Wildman–Crippen LogP) is 3.94. The van der Waals surface area contributed by atoms with Crippen LogP contribution in [0.1, 0.15) is 24.0 Å². The van der Waals surface area contributed by atoms with E-state index in [2.05, 4.69) is 4.98 Å². The van der Waals surface area contributed by atoms with Crippen molar-refractivity contribution in [3.8, 4) is 11.3 Å². The van der Waals surface area contributed by atoms with Crippen molar-refractivity contribution in [1.82, 2.24) is 4.98 Å². The fourth-order valence-electron chi connectivity index (χ4n) is 1.80. The average Bonchev–Trinajstić information content (AvgIpc) is 2.86. The summed E-state index contributed by atoms with van der Waals surface area (Å²) in [6, 6.07) is 4.96. The second kappa shape index (κ2) is 6.28. The summed E-state index contributed by atoms with van der Waals surface area (Å²) in [5.74, 6) is -2.16. The van der Waals surface area contributed by atoms with E-state index in [4.69, 9.17) is 32.7 Å². The van der Waals surface area contributed by atoms with Gasteiger partial charge in [-0.1, -0.05) is 36.2 Å². The third kappa shape index (κ3) is 3.43. The van der Waals surface area contributed by atoms with Crippen molar-refractivity contribution in [2.45, 2.75) is 13.3 Å². The molecule has 1 heterocycles. The molecule has 0 aliphatic rings. The Kier molecular flexibility index (Phi) is 4.65. The fourth-order valence-corrected chi connectivity index (χ4v) is 2.39. The van der Waals surface area contributed by atoms with Crippen molar-refractivity contribution in [2.75, 3.05) is 0 Å². The maximum Gasteiger partial charge on any atom is 0.304 e. The van der Waals surface area contributed by atoms with E-state index in [0.29, 0.717) is 15.6 Å². The minimum atomic E-state index is -1.06. The van der Waals surface area contributed by atoms with Gasteiger partial charge in [-0.3, -0.25) is 9.59 Å². The van der Waals surface area contributed by atoms with Crippen LogP contribution in [0.2, 0.25) is 10.0 Å². The molecule has 0 saturated heterocycles. The molecule has 21 heavy (non-hydrogen) atoms. The van der Waals surface area contributed by atoms with E-state index in [1.54, 1.807) is 18.2 Å². The Balaban J connectivity index is 2.30. The zero-order chi connectivity index (χ0) is 15.6. The number of carbonyl (C=O) groups excluding carboxylic acids is 1. The Bertz CT molecular complexity index is 676. The van der Waals surface area contributed by atoms with Crippen LogP contribution in [0.15, 0.2) is 28.8 Å². The predicted molar refractivity (Wildman–Crippen MR) is 77.7 cm³/mol. The fraction of sp³-hybridized carbons (Fsp3) is 0.214. The second-order valence-electron chi connectivity index (χ2n) is 4.49. The van der Waals surface area contributed by atoms with Gasteiger partial charge in [0.05, 0.1) is 28.2 Å². The van der Waals surface area contributed by atoms with Gasteiger partial charge in [-0.2, -0.15) is 0 Å². The van der Waals surface area contributed by atoms with Gasteiger partial charge in [-0.05, 0) is 12.1 Å². The number of oxazole rings is 1. The van der Waals surface area contributed by atoms with Crippen molar-refractivity contribution >= 4 is 35.0 Å². The summed E-state index contributed by atoms with van der Waals surface area (Å²) in [7, 11) is 0. The Morgan fingerprint density at radius 1 is 1.33 bits per heavy atom. The zero-order valence-corrected chi connectivity index (χ0v) is 12.5. The van der Waals surface area contributed by atoms with Crippen LogP contribution in [-0.4, -0.2) is 21.8 Å². The van der Waals surface area contributed by atoms with Gasteiger partial charge >= 0.3 is 5.97 Å². The summed E-state index contributed by atoms with van der Waals surface area (Å²) >= 11 is 12.1. The van der Waals surface area contributed by atoms with E-state index >= 15 is 0 Å². The van der Waals surface area contributed by atoms with E-state index in [-0.39, 0.29) is 18.1 Å². The minimum absolute atomic E-state index is 0.158. The SMILES string of the molecule is C[C@@H](CC(=O)O)C(=O)c1ncc(-c2c(Cl)cccc2Cl)o1. The normalized spacial score (nSPS) is 12.1. The number of aromatic nitrogens is 1. The summed E-state index contributed by atoms with van der Waals surface area (Å²) < 4.78 is 5.37. The highest BCUT2D eigenvalue weighted by atomic mass is 35.5. The van der Waals surface area contributed by atoms with E-state index in [1.807, 2.05) is 0 Å². The highest BCUT2D eigenvalue weighted by molar-refractivity contribution is 6.39. The van der Waals surface area contributed by atoms with Gasteiger partial charge in [-0.25, -0.2) is 4.98 Å². The molecule has 5 nitrogen and oxygen atoms in total. The number of ketones is 1. The molecule has 0 aliphatic carbocycles. The number of benzene rings is 1. The van der Waals surface area contributed by atoms with E-state index in [9.17, 15) is 9.59 Å². The summed E-state index contributed by atoms with van der Waals surface area (Å²) in [4.78, 5) is 26.5. The lowest BCUT2D eigenvalue weighted by Gasteiger charge is -2.04. The van der Waals surface area contributed by atoms with Crippen molar-refractivity contribution in [2.24, 2.45) is 5.92 Å². The van der Waals surface area contributed by atoms with Crippen molar-refractivity contribution < 1.29 is 19.1 Å². The smallest absolute Gasteiger partial charge is 0.304 e. The number of Topliss-reactive ketones (excluding diaryl/α,β-unsaturated/α-hetero) is 1. The summed E-state index contributed by atoms with van der Waals surface area (Å²) in [5, 5.41) is 9.44. The molecule has 1 aromatic carbocycles. The van der Waals surface area contributed by atoms with Crippen molar-refractivity contribution in [3.63, 3.8) is 0 Å². The van der Waals surface area contributed by atoms with E-state index in [1.165, 1.54) is 13.1 Å². The van der Waals surface area contributed by atoms with Crippen LogP contribution in [0, 0.1) is 5.92 Å². The third-order valence-corrected chi connectivity index (χ3v) is 3.48. The standard InChI is InChI=1S/C14H11Cl2NO4/c1-7(5-11(18)19)13(20)14-17-6-10(21-14)12-8(15)3-2-4-9(12)16/h2-4,6-7H,5H2,1H3,(H,18,19)/t7-/m0/s1. The molecular formula is C14H11Cl2NO4. The average molecular weight is 328 g/mol. The van der Waals surface area contributed by atoms with Crippen LogP contribution in [0.3, 0.4) is 0 Å². The first-order valence-corrected chi connectivity index (χ1v) is 6.82. The molecule has 2 aromatic rings. The molecule has 0 fully saturated rings. The van der Waals surface area contributed by atoms with Gasteiger partial charge in [-0.15, -0.1) is 0 Å². The molecule has 0 spiro atoms. The molecule has 0 aliphatic heterocycles. The number of carboxylic acid groups (broad SMARTS) is 1. The molecule has 1 N–H and O–H groups in total. The lowest BCUT2D eigenvalue weighted by Crippen LogP contribution is -2.15. The second-order valence-corrected chi connectivity index (χ2v) is 5.30. The number of carboxylic acids is 1. The quantitative estimate of drug-likeness (QED) is 0.841. The maximum atomic E-state index is 12.0. The van der Waals surface area contributed by atoms with E-state index < -0.39 is 17.7 Å². The summed E-state index contributed by atoms with van der Waals surface area (Å²) in [5.41, 5.74) is 0.443. The third-order valence-electron chi connectivity index (χ3n) is 2.85. The molecule has 1 atom stereocenters. The number of hydrogen-bond donors (Lipinski definition) is 1. The lowest BCUT2D eigenvalue weighted by atomic mass is 10.0. The molecule has 2 rings (SSSR count). The van der Waals surface area contributed by atoms with Crippen LogP contribution < -0.4 is 0 Å². The number of carbonyl (C=O) groups is 2. The topological polar surface area (TPSA) is 80.4 Å². The van der Waals surface area contributed by atoms with Crippen molar-refractivity contribution in [3.05, 3.63) is 40.3 Å². The number of hydrogen-bond acceptors (Lipinski definition) is 4. The zero-order valence-electron chi connectivity index (χ0n) is 11.0. The summed E-state index contributed by atoms with van der Waals surface area (Å²) in [6.45, 7) is 1.50. The number of halogens is 2. The first-order chi connectivity index (χ1) is 9.90. The Labute approximate surface area is 130 Å². The first kappa shape index (κ1) is 15.5. The lowest BCUT2D eigenvalue weighted by molar-refractivity contribution is -0.137. The van der Waals surface area contributed by atoms with Gasteiger partial charge in [0.15, 0.2) is 5.76 Å². The monoisotopic (exact) mass is 327 g/mol. The summed E-state index contributed by atoms with van der Waals surface area (Å²) in [6.07, 6.45) is 1.05. The highest BCUT2D eigenvalue weighted by Crippen LogP contribution is 2.35. The largest absolute Gasteiger partial charge is 0.481 e. The van der Waals surface area contributed by atoms with Crippen LogP contribution in [0.25, 0.3) is 11.3 Å². The molecule has 0 amide bonds. The van der Waals surface area contributed by atoms with Gasteiger partial charge in [0.25, 0.3) is 5.89 Å². The molecule has 0 bridgehead atoms. The Morgan fingerprint density at radius 3 is 2.52 bits per heavy atom. The van der Waals surface area contributed by atoms with Gasteiger partial charge in [0.2, 0.25) is 5.78 Å². The Hall–Kier alpha value is -1.85. The Morgan fingerprint density at radius 2 is 1.95 bits per heavy atom. The van der Waals surface area contributed by atoms with Gasteiger partial charge in [0, 0.05) is 5.92 Å². The maximum absolute atomic E-state index is 12.0. The van der Waals surface area contributed by atoms with E-state index in [0.717, 1.165) is 0 Å².